The van der Waals surface area contributed by atoms with Crippen LogP contribution >= 0.6 is 0 Å². The first-order chi connectivity index (χ1) is 15.4. The molecule has 2 amide bonds. The Morgan fingerprint density at radius 1 is 1.03 bits per heavy atom. The van der Waals surface area contributed by atoms with Gasteiger partial charge in [0.15, 0.2) is 17.5 Å². The van der Waals surface area contributed by atoms with Gasteiger partial charge in [-0.05, 0) is 42.2 Å². The zero-order chi connectivity index (χ0) is 22.4. The van der Waals surface area contributed by atoms with Crippen LogP contribution in [0.1, 0.15) is 35.6 Å². The molecule has 1 aliphatic carbocycles. The lowest BCUT2D eigenvalue weighted by atomic mass is 9.99. The van der Waals surface area contributed by atoms with Crippen LogP contribution < -0.4 is 0 Å². The van der Waals surface area contributed by atoms with Crippen LogP contribution in [-0.2, 0) is 16.0 Å². The van der Waals surface area contributed by atoms with Crippen molar-refractivity contribution < 1.29 is 27.5 Å². The molecule has 2 aromatic rings. The molecule has 2 atom stereocenters. The first kappa shape index (κ1) is 20.6. The van der Waals surface area contributed by atoms with E-state index in [1.807, 2.05) is 23.1 Å². The number of ether oxygens (including phenoxy) is 1. The summed E-state index contributed by atoms with van der Waals surface area (Å²) in [5.74, 6) is -4.52. The fraction of sp³-hybridized carbons (Fsp3) is 0.333. The molecule has 2 aliphatic heterocycles. The topological polar surface area (TPSA) is 49.9 Å². The van der Waals surface area contributed by atoms with Crippen LogP contribution in [0.15, 0.2) is 42.5 Å². The van der Waals surface area contributed by atoms with Crippen LogP contribution in [0.5, 0.6) is 0 Å². The highest BCUT2D eigenvalue weighted by molar-refractivity contribution is 5.91. The van der Waals surface area contributed by atoms with E-state index in [0.29, 0.717) is 32.4 Å². The van der Waals surface area contributed by atoms with Gasteiger partial charge >= 0.3 is 6.09 Å². The van der Waals surface area contributed by atoms with Crippen LogP contribution in [-0.4, -0.2) is 47.0 Å². The third kappa shape index (κ3) is 3.43. The van der Waals surface area contributed by atoms with Crippen LogP contribution in [0.4, 0.5) is 18.0 Å². The lowest BCUT2D eigenvalue weighted by Gasteiger charge is -2.37. The molecule has 5 rings (SSSR count). The fourth-order valence-corrected chi connectivity index (χ4v) is 4.95. The molecule has 0 spiro atoms. The Labute approximate surface area is 183 Å². The van der Waals surface area contributed by atoms with Gasteiger partial charge in [0.2, 0.25) is 5.91 Å². The molecule has 8 heteroatoms. The monoisotopic (exact) mass is 442 g/mol. The molecule has 2 fully saturated rings. The van der Waals surface area contributed by atoms with Gasteiger partial charge in [0.1, 0.15) is 6.10 Å². The number of hydrogen-bond acceptors (Lipinski definition) is 3. The van der Waals surface area contributed by atoms with Crippen LogP contribution in [0.2, 0.25) is 0 Å². The largest absolute Gasteiger partial charge is 0.443 e. The van der Waals surface area contributed by atoms with E-state index < -0.39 is 17.5 Å². The van der Waals surface area contributed by atoms with Gasteiger partial charge in [0.25, 0.3) is 0 Å². The van der Waals surface area contributed by atoms with E-state index in [2.05, 4.69) is 6.07 Å². The molecule has 3 aliphatic rings. The van der Waals surface area contributed by atoms with Crippen molar-refractivity contribution in [2.75, 3.05) is 13.1 Å². The Morgan fingerprint density at radius 3 is 2.56 bits per heavy atom. The lowest BCUT2D eigenvalue weighted by molar-refractivity contribution is -0.127. The fourth-order valence-electron chi connectivity index (χ4n) is 4.95. The van der Waals surface area contributed by atoms with Crippen molar-refractivity contribution >= 4 is 18.1 Å². The van der Waals surface area contributed by atoms with Crippen LogP contribution in [0.25, 0.3) is 6.08 Å². The molecule has 0 bridgehead atoms. The van der Waals surface area contributed by atoms with Gasteiger partial charge in [0.05, 0.1) is 6.04 Å². The van der Waals surface area contributed by atoms with Gasteiger partial charge in [-0.3, -0.25) is 9.69 Å². The number of likely N-dealkylation sites (tertiary alicyclic amines) is 1. The number of fused-ring (bicyclic) bond motifs is 3. The minimum Gasteiger partial charge on any atom is -0.443 e. The third-order valence-corrected chi connectivity index (χ3v) is 6.55. The van der Waals surface area contributed by atoms with Gasteiger partial charge in [-0.15, -0.1) is 0 Å². The number of hydrogen-bond donors (Lipinski definition) is 0. The Balaban J connectivity index is 1.24. The average Bonchev–Trinajstić information content (AvgIpc) is 3.31. The molecule has 2 aromatic carbocycles. The van der Waals surface area contributed by atoms with Crippen molar-refractivity contribution in [2.45, 2.75) is 37.5 Å². The highest BCUT2D eigenvalue weighted by Crippen LogP contribution is 2.44. The first-order valence-electron chi connectivity index (χ1n) is 10.6. The summed E-state index contributed by atoms with van der Waals surface area (Å²) in [6.07, 6.45) is 3.72. The summed E-state index contributed by atoms with van der Waals surface area (Å²) in [6.45, 7) is 0.855. The number of rotatable bonds is 3. The molecular weight excluding hydrogens is 421 g/mol. The van der Waals surface area contributed by atoms with Crippen LogP contribution in [0.3, 0.4) is 0 Å². The second kappa shape index (κ2) is 8.00. The summed E-state index contributed by atoms with van der Waals surface area (Å²) in [6, 6.07) is 9.80. The normalized spacial score (nSPS) is 22.9. The molecule has 5 nitrogen and oxygen atoms in total. The van der Waals surface area contributed by atoms with Crippen molar-refractivity contribution in [2.24, 2.45) is 0 Å². The number of carbonyl (C=O) groups is 2. The van der Waals surface area contributed by atoms with E-state index in [-0.39, 0.29) is 35.8 Å². The maximum atomic E-state index is 13.8. The third-order valence-electron chi connectivity index (χ3n) is 6.55. The summed E-state index contributed by atoms with van der Waals surface area (Å²) in [5, 5.41) is 0. The van der Waals surface area contributed by atoms with Crippen molar-refractivity contribution in [1.29, 1.82) is 0 Å². The summed E-state index contributed by atoms with van der Waals surface area (Å²) >= 11 is 0. The summed E-state index contributed by atoms with van der Waals surface area (Å²) in [7, 11) is 0. The lowest BCUT2D eigenvalue weighted by Crippen LogP contribution is -2.47. The van der Waals surface area contributed by atoms with Crippen molar-refractivity contribution in [1.82, 2.24) is 9.80 Å². The summed E-state index contributed by atoms with van der Waals surface area (Å²) in [4.78, 5) is 28.5. The summed E-state index contributed by atoms with van der Waals surface area (Å²) < 4.78 is 45.8. The van der Waals surface area contributed by atoms with Crippen molar-refractivity contribution in [3.05, 3.63) is 76.6 Å². The first-order valence-corrected chi connectivity index (χ1v) is 10.6. The Bertz CT molecular complexity index is 1110. The molecule has 0 radical (unpaired) electrons. The second-order valence-corrected chi connectivity index (χ2v) is 8.33. The highest BCUT2D eigenvalue weighted by atomic mass is 19.2. The van der Waals surface area contributed by atoms with Crippen LogP contribution in [0, 0.1) is 17.5 Å². The highest BCUT2D eigenvalue weighted by Gasteiger charge is 2.50. The minimum atomic E-state index is -1.57. The molecule has 0 aromatic heterocycles. The van der Waals surface area contributed by atoms with Gasteiger partial charge in [-0.25, -0.2) is 18.0 Å². The second-order valence-electron chi connectivity index (χ2n) is 8.33. The number of benzene rings is 2. The predicted molar refractivity (Wildman–Crippen MR) is 110 cm³/mol. The average molecular weight is 442 g/mol. The number of carbonyl (C=O) groups excluding carboxylic acids is 2. The predicted octanol–water partition coefficient (Wildman–Crippen LogP) is 4.23. The molecule has 0 N–H and O–H groups in total. The zero-order valence-corrected chi connectivity index (χ0v) is 17.1. The van der Waals surface area contributed by atoms with E-state index in [9.17, 15) is 22.8 Å². The number of halogens is 3. The number of nitrogens with zero attached hydrogens (tertiary/aromatic N) is 2. The standard InChI is InChI=1S/C24H21F3N2O3/c25-18-7-5-14(21(26)22(18)27)6-8-20(30)28-11-9-16(10-12-28)29-23-17-4-2-1-3-15(17)13-19(23)32-24(29)31/h1-8,16,19,23H,9-13H2. The maximum Gasteiger partial charge on any atom is 0.411 e. The molecule has 0 saturated carbocycles. The Kier molecular flexibility index (Phi) is 5.15. The van der Waals surface area contributed by atoms with Gasteiger partial charge < -0.3 is 9.64 Å². The maximum absolute atomic E-state index is 13.8. The smallest absolute Gasteiger partial charge is 0.411 e. The molecule has 166 valence electrons. The van der Waals surface area contributed by atoms with E-state index in [1.54, 1.807) is 4.90 Å². The van der Waals surface area contributed by atoms with E-state index in [4.69, 9.17) is 4.74 Å². The van der Waals surface area contributed by atoms with E-state index in [1.165, 1.54) is 5.56 Å². The Hall–Kier alpha value is -3.29. The quantitative estimate of drug-likeness (QED) is 0.528. The van der Waals surface area contributed by atoms with Crippen molar-refractivity contribution in [3.8, 4) is 0 Å². The molecular formula is C24H21F3N2O3. The van der Waals surface area contributed by atoms with E-state index in [0.717, 1.165) is 29.8 Å². The van der Waals surface area contributed by atoms with E-state index >= 15 is 0 Å². The zero-order valence-electron chi connectivity index (χ0n) is 17.1. The Morgan fingerprint density at radius 2 is 1.78 bits per heavy atom. The van der Waals surface area contributed by atoms with Gasteiger partial charge in [-0.2, -0.15) is 0 Å². The molecule has 2 saturated heterocycles. The van der Waals surface area contributed by atoms with Gasteiger partial charge in [0, 0.05) is 37.2 Å². The SMILES string of the molecule is O=C(C=Cc1ccc(F)c(F)c1F)N1CCC(N2C(=O)OC3Cc4ccccc4C32)CC1. The number of piperidine rings is 1. The number of amides is 2. The molecule has 32 heavy (non-hydrogen) atoms. The minimum absolute atomic E-state index is 0.0414. The summed E-state index contributed by atoms with van der Waals surface area (Å²) in [5.41, 5.74) is 2.12. The molecule has 2 heterocycles. The molecule has 2 unspecified atom stereocenters. The van der Waals surface area contributed by atoms with Crippen molar-refractivity contribution in [3.63, 3.8) is 0 Å². The van der Waals surface area contributed by atoms with Gasteiger partial charge in [-0.1, -0.05) is 24.3 Å².